The van der Waals surface area contributed by atoms with Gasteiger partial charge in [0, 0.05) is 0 Å². The third-order valence-electron chi connectivity index (χ3n) is 3.63. The highest BCUT2D eigenvalue weighted by atomic mass is 14.4. The van der Waals surface area contributed by atoms with Crippen LogP contribution in [0, 0.1) is 29.6 Å². The molecule has 0 bridgehead atoms. The maximum atomic E-state index is 5.39. The molecule has 0 radical (unpaired) electrons. The largest absolute Gasteiger partial charge is 0.115 e. The van der Waals surface area contributed by atoms with Crippen molar-refractivity contribution in [3.05, 3.63) is 11.6 Å². The van der Waals surface area contributed by atoms with Crippen LogP contribution >= 0.6 is 0 Å². The van der Waals surface area contributed by atoms with Gasteiger partial charge in [-0.1, -0.05) is 39.7 Å². The minimum absolute atomic E-state index is 0.423. The molecule has 0 nitrogen and oxygen atoms in total. The zero-order chi connectivity index (χ0) is 10.8. The summed E-state index contributed by atoms with van der Waals surface area (Å²) in [4.78, 5) is 0. The summed E-state index contributed by atoms with van der Waals surface area (Å²) in [6.45, 7) is 9.24. The van der Waals surface area contributed by atoms with Crippen molar-refractivity contribution < 1.29 is 0 Å². The Morgan fingerprint density at radius 3 is 2.43 bits per heavy atom. The Hall–Kier alpha value is -0.700. The molecule has 0 amide bonds. The Bertz CT molecular complexity index is 264. The predicted octanol–water partition coefficient (Wildman–Crippen LogP) is 4.03. The summed E-state index contributed by atoms with van der Waals surface area (Å²) in [5.41, 5.74) is 1.63. The number of terminal acetylenes is 1. The van der Waals surface area contributed by atoms with Crippen LogP contribution in [0.1, 0.15) is 47.0 Å². The highest BCUT2D eigenvalue weighted by molar-refractivity contribution is 5.38. The molecule has 2 atom stereocenters. The van der Waals surface area contributed by atoms with Crippen LogP contribution in [0.15, 0.2) is 11.6 Å². The van der Waals surface area contributed by atoms with Gasteiger partial charge in [0.15, 0.2) is 0 Å². The van der Waals surface area contributed by atoms with Gasteiger partial charge in [0.05, 0.1) is 0 Å². The molecule has 0 saturated heterocycles. The number of hydrogen-bond donors (Lipinski definition) is 0. The summed E-state index contributed by atoms with van der Waals surface area (Å²) in [6, 6.07) is 0. The fraction of sp³-hybridized carbons (Fsp3) is 0.714. The molecular formula is C14H22. The lowest BCUT2D eigenvalue weighted by Gasteiger charge is -2.43. The molecule has 0 aromatic rings. The van der Waals surface area contributed by atoms with Crippen molar-refractivity contribution in [3.8, 4) is 12.3 Å². The van der Waals surface area contributed by atoms with Crippen molar-refractivity contribution >= 4 is 0 Å². The highest BCUT2D eigenvalue weighted by Gasteiger charge is 2.39. The van der Waals surface area contributed by atoms with Crippen LogP contribution in [0.3, 0.4) is 0 Å². The summed E-state index contributed by atoms with van der Waals surface area (Å²) in [6.07, 6.45) is 11.4. The van der Waals surface area contributed by atoms with Crippen LogP contribution < -0.4 is 0 Å². The Balaban J connectivity index is 2.66. The minimum Gasteiger partial charge on any atom is -0.115 e. The van der Waals surface area contributed by atoms with Gasteiger partial charge in [0.1, 0.15) is 0 Å². The van der Waals surface area contributed by atoms with E-state index >= 15 is 0 Å². The Morgan fingerprint density at radius 2 is 2.07 bits per heavy atom. The first-order valence-corrected chi connectivity index (χ1v) is 5.72. The first kappa shape index (κ1) is 11.4. The van der Waals surface area contributed by atoms with E-state index in [2.05, 4.69) is 39.7 Å². The SMILES string of the molecule is C#CC1=CC(CC)(C(C)CC(C)C)C1. The molecule has 0 heterocycles. The lowest BCUT2D eigenvalue weighted by atomic mass is 9.61. The van der Waals surface area contributed by atoms with Crippen LogP contribution in [0.4, 0.5) is 0 Å². The molecule has 0 fully saturated rings. The zero-order valence-electron chi connectivity index (χ0n) is 9.93. The molecule has 78 valence electrons. The monoisotopic (exact) mass is 190 g/mol. The molecule has 0 aromatic heterocycles. The normalized spacial score (nSPS) is 27.9. The molecule has 0 N–H and O–H groups in total. The van der Waals surface area contributed by atoms with Gasteiger partial charge in [0.25, 0.3) is 0 Å². The van der Waals surface area contributed by atoms with Gasteiger partial charge < -0.3 is 0 Å². The topological polar surface area (TPSA) is 0 Å². The second-order valence-electron chi connectivity index (χ2n) is 5.11. The van der Waals surface area contributed by atoms with Gasteiger partial charge in [-0.25, -0.2) is 0 Å². The molecular weight excluding hydrogens is 168 g/mol. The summed E-state index contributed by atoms with van der Waals surface area (Å²) in [7, 11) is 0. The minimum atomic E-state index is 0.423. The van der Waals surface area contributed by atoms with Gasteiger partial charge in [0.2, 0.25) is 0 Å². The van der Waals surface area contributed by atoms with E-state index in [1.165, 1.54) is 18.4 Å². The van der Waals surface area contributed by atoms with Crippen LogP contribution in [-0.2, 0) is 0 Å². The van der Waals surface area contributed by atoms with Gasteiger partial charge in [-0.3, -0.25) is 0 Å². The number of allylic oxidation sites excluding steroid dienone is 2. The summed E-state index contributed by atoms with van der Waals surface area (Å²) >= 11 is 0. The molecule has 0 aromatic carbocycles. The van der Waals surface area contributed by atoms with E-state index in [0.717, 1.165) is 18.3 Å². The molecule has 0 saturated carbocycles. The molecule has 0 spiro atoms. The number of rotatable bonds is 4. The number of hydrogen-bond acceptors (Lipinski definition) is 0. The average molecular weight is 190 g/mol. The molecule has 0 heteroatoms. The average Bonchev–Trinajstić information content (AvgIpc) is 2.02. The Morgan fingerprint density at radius 1 is 1.50 bits per heavy atom. The predicted molar refractivity (Wildman–Crippen MR) is 62.9 cm³/mol. The fourth-order valence-electron chi connectivity index (χ4n) is 2.60. The van der Waals surface area contributed by atoms with E-state index in [-0.39, 0.29) is 0 Å². The van der Waals surface area contributed by atoms with Gasteiger partial charge in [-0.2, -0.15) is 0 Å². The van der Waals surface area contributed by atoms with Crippen molar-refractivity contribution in [2.75, 3.05) is 0 Å². The van der Waals surface area contributed by atoms with E-state index in [4.69, 9.17) is 6.42 Å². The van der Waals surface area contributed by atoms with Crippen LogP contribution in [-0.4, -0.2) is 0 Å². The molecule has 1 aliphatic carbocycles. The summed E-state index contributed by atoms with van der Waals surface area (Å²) < 4.78 is 0. The van der Waals surface area contributed by atoms with Crippen LogP contribution in [0.2, 0.25) is 0 Å². The van der Waals surface area contributed by atoms with Gasteiger partial charge >= 0.3 is 0 Å². The molecule has 1 aliphatic rings. The van der Waals surface area contributed by atoms with Crippen LogP contribution in [0.5, 0.6) is 0 Å². The maximum absolute atomic E-state index is 5.39. The highest BCUT2D eigenvalue weighted by Crippen LogP contribution is 2.49. The molecule has 1 rings (SSSR count). The first-order chi connectivity index (χ1) is 6.54. The van der Waals surface area contributed by atoms with Crippen molar-refractivity contribution in [2.24, 2.45) is 17.3 Å². The lowest BCUT2D eigenvalue weighted by molar-refractivity contribution is 0.179. The lowest BCUT2D eigenvalue weighted by Crippen LogP contribution is -2.34. The summed E-state index contributed by atoms with van der Waals surface area (Å²) in [5, 5.41) is 0. The molecule has 0 aliphatic heterocycles. The Kier molecular flexibility index (Phi) is 3.43. The quantitative estimate of drug-likeness (QED) is 0.587. The van der Waals surface area contributed by atoms with E-state index in [0.29, 0.717) is 5.41 Å². The van der Waals surface area contributed by atoms with Crippen molar-refractivity contribution in [1.29, 1.82) is 0 Å². The third kappa shape index (κ3) is 2.03. The second kappa shape index (κ2) is 4.22. The van der Waals surface area contributed by atoms with Crippen molar-refractivity contribution in [2.45, 2.75) is 47.0 Å². The van der Waals surface area contributed by atoms with E-state index in [1.54, 1.807) is 0 Å². The van der Waals surface area contributed by atoms with E-state index < -0.39 is 0 Å². The zero-order valence-corrected chi connectivity index (χ0v) is 9.93. The fourth-order valence-corrected chi connectivity index (χ4v) is 2.60. The van der Waals surface area contributed by atoms with Crippen molar-refractivity contribution in [1.82, 2.24) is 0 Å². The standard InChI is InChI=1S/C14H22/c1-6-13-9-14(7-2,10-13)12(5)8-11(3)4/h1,9,11-12H,7-8,10H2,2-5H3. The van der Waals surface area contributed by atoms with Crippen LogP contribution in [0.25, 0.3) is 0 Å². The summed E-state index contributed by atoms with van der Waals surface area (Å²) in [5.74, 6) is 4.32. The molecule has 2 unspecified atom stereocenters. The van der Waals surface area contributed by atoms with E-state index in [9.17, 15) is 0 Å². The van der Waals surface area contributed by atoms with E-state index in [1.807, 2.05) is 0 Å². The van der Waals surface area contributed by atoms with Gasteiger partial charge in [-0.05, 0) is 42.1 Å². The third-order valence-corrected chi connectivity index (χ3v) is 3.63. The first-order valence-electron chi connectivity index (χ1n) is 5.72. The van der Waals surface area contributed by atoms with Crippen molar-refractivity contribution in [3.63, 3.8) is 0 Å². The molecule has 14 heavy (non-hydrogen) atoms. The smallest absolute Gasteiger partial charge is 0.000771 e. The van der Waals surface area contributed by atoms with Gasteiger partial charge in [-0.15, -0.1) is 6.42 Å². The Labute approximate surface area is 88.8 Å². The maximum Gasteiger partial charge on any atom is -0.000771 e. The second-order valence-corrected chi connectivity index (χ2v) is 5.11.